The maximum absolute atomic E-state index is 12.6. The van der Waals surface area contributed by atoms with Crippen molar-refractivity contribution in [1.29, 1.82) is 0 Å². The molecule has 186 valence electrons. The minimum Gasteiger partial charge on any atom is -0.496 e. The summed E-state index contributed by atoms with van der Waals surface area (Å²) in [7, 11) is 1.51. The van der Waals surface area contributed by atoms with Crippen LogP contribution in [0.1, 0.15) is 25.2 Å². The second-order valence-electron chi connectivity index (χ2n) is 8.88. The molecule has 9 heteroatoms. The van der Waals surface area contributed by atoms with Crippen molar-refractivity contribution < 1.29 is 23.2 Å². The zero-order valence-corrected chi connectivity index (χ0v) is 20.3. The van der Waals surface area contributed by atoms with Gasteiger partial charge in [0.05, 0.1) is 31.7 Å². The van der Waals surface area contributed by atoms with Crippen LogP contribution in [0.5, 0.6) is 5.75 Å². The highest BCUT2D eigenvalue weighted by molar-refractivity contribution is 6.39. The first kappa shape index (κ1) is 24.6. The van der Waals surface area contributed by atoms with E-state index in [4.69, 9.17) is 13.6 Å². The van der Waals surface area contributed by atoms with E-state index < -0.39 is 17.4 Å². The molecule has 9 nitrogen and oxygen atoms in total. The van der Waals surface area contributed by atoms with Crippen LogP contribution in [-0.4, -0.2) is 29.4 Å². The minimum absolute atomic E-state index is 0.422. The van der Waals surface area contributed by atoms with Gasteiger partial charge in [-0.3, -0.25) is 9.59 Å². The molecule has 0 saturated heterocycles. The Kier molecular flexibility index (Phi) is 7.39. The largest absolute Gasteiger partial charge is 0.496 e. The number of carbonyl (C=O) groups excluding carboxylic acids is 2. The summed E-state index contributed by atoms with van der Waals surface area (Å²) < 4.78 is 16.0. The number of anilines is 2. The Morgan fingerprint density at radius 1 is 1.00 bits per heavy atom. The Morgan fingerprint density at radius 2 is 1.78 bits per heavy atom. The third kappa shape index (κ3) is 6.32. The summed E-state index contributed by atoms with van der Waals surface area (Å²) in [4.78, 5) is 29.1. The number of aromatic nitrogens is 1. The normalized spacial score (nSPS) is 11.1. The van der Waals surface area contributed by atoms with E-state index in [1.807, 2.05) is 50.2 Å². The topological polar surface area (TPSA) is 119 Å². The minimum atomic E-state index is -0.769. The summed E-state index contributed by atoms with van der Waals surface area (Å²) in [6.07, 6.45) is 5.08. The van der Waals surface area contributed by atoms with Crippen LogP contribution in [0.2, 0.25) is 0 Å². The van der Waals surface area contributed by atoms with E-state index in [1.165, 1.54) is 13.5 Å². The van der Waals surface area contributed by atoms with Crippen LogP contribution in [0, 0.1) is 0 Å². The molecule has 0 spiro atoms. The molecule has 0 saturated carbocycles. The van der Waals surface area contributed by atoms with Crippen LogP contribution in [0.15, 0.2) is 82.3 Å². The number of nitrogens with zero attached hydrogens (tertiary/aromatic N) is 1. The fourth-order valence-electron chi connectivity index (χ4n) is 3.77. The maximum atomic E-state index is 12.6. The maximum Gasteiger partial charge on any atom is 0.313 e. The van der Waals surface area contributed by atoms with Crippen molar-refractivity contribution in [3.8, 4) is 17.1 Å². The average molecular weight is 489 g/mol. The van der Waals surface area contributed by atoms with Crippen LogP contribution < -0.4 is 20.7 Å². The third-order valence-corrected chi connectivity index (χ3v) is 5.46. The van der Waals surface area contributed by atoms with Gasteiger partial charge in [-0.05, 0) is 62.2 Å². The summed E-state index contributed by atoms with van der Waals surface area (Å²) in [6.45, 7) is 4.34. The number of furan rings is 1. The van der Waals surface area contributed by atoms with Gasteiger partial charge in [0.2, 0.25) is 0 Å². The second kappa shape index (κ2) is 10.8. The number of hydrogen-bond acceptors (Lipinski definition) is 7. The molecule has 4 rings (SSSR count). The highest BCUT2D eigenvalue weighted by Gasteiger charge is 2.25. The van der Waals surface area contributed by atoms with Crippen LogP contribution in [0.25, 0.3) is 11.3 Å². The molecule has 0 aliphatic rings. The van der Waals surface area contributed by atoms with Gasteiger partial charge in [0.1, 0.15) is 11.5 Å². The zero-order valence-electron chi connectivity index (χ0n) is 20.3. The molecule has 3 N–H and O–H groups in total. The molecule has 36 heavy (non-hydrogen) atoms. The van der Waals surface area contributed by atoms with E-state index in [0.29, 0.717) is 35.7 Å². The van der Waals surface area contributed by atoms with Gasteiger partial charge in [-0.15, -0.1) is 0 Å². The molecule has 2 heterocycles. The lowest BCUT2D eigenvalue weighted by Gasteiger charge is -2.26. The highest BCUT2D eigenvalue weighted by Crippen LogP contribution is 2.32. The Labute approximate surface area is 208 Å². The summed E-state index contributed by atoms with van der Waals surface area (Å²) in [5.41, 5.74) is 2.44. The Morgan fingerprint density at radius 3 is 2.44 bits per heavy atom. The molecule has 2 aromatic carbocycles. The van der Waals surface area contributed by atoms with Crippen molar-refractivity contribution in [3.63, 3.8) is 0 Å². The van der Waals surface area contributed by atoms with Crippen LogP contribution in [0.3, 0.4) is 0 Å². The molecule has 0 aliphatic carbocycles. The van der Waals surface area contributed by atoms with Crippen molar-refractivity contribution >= 4 is 23.2 Å². The predicted molar refractivity (Wildman–Crippen MR) is 136 cm³/mol. The van der Waals surface area contributed by atoms with Crippen molar-refractivity contribution in [3.05, 3.63) is 84.8 Å². The lowest BCUT2D eigenvalue weighted by Crippen LogP contribution is -2.49. The number of rotatable bonds is 9. The number of hydrogen-bond donors (Lipinski definition) is 3. The Balaban J connectivity index is 1.32. The average Bonchev–Trinajstić information content (AvgIpc) is 3.57. The first-order chi connectivity index (χ1) is 17.3. The van der Waals surface area contributed by atoms with E-state index in [9.17, 15) is 9.59 Å². The van der Waals surface area contributed by atoms with Gasteiger partial charge in [-0.25, -0.2) is 4.98 Å². The number of carbonyl (C=O) groups is 2. The second-order valence-corrected chi connectivity index (χ2v) is 8.88. The summed E-state index contributed by atoms with van der Waals surface area (Å²) >= 11 is 0. The monoisotopic (exact) mass is 488 g/mol. The summed E-state index contributed by atoms with van der Waals surface area (Å²) in [5, 5.41) is 8.72. The fourth-order valence-corrected chi connectivity index (χ4v) is 3.77. The van der Waals surface area contributed by atoms with Gasteiger partial charge >= 0.3 is 11.8 Å². The Bertz CT molecular complexity index is 1300. The smallest absolute Gasteiger partial charge is 0.313 e. The van der Waals surface area contributed by atoms with Gasteiger partial charge in [-0.2, -0.15) is 0 Å². The molecule has 2 aromatic heterocycles. The molecule has 0 aliphatic heterocycles. The van der Waals surface area contributed by atoms with E-state index in [1.54, 1.807) is 30.7 Å². The van der Waals surface area contributed by atoms with Crippen molar-refractivity contribution in [1.82, 2.24) is 10.3 Å². The van der Waals surface area contributed by atoms with Crippen molar-refractivity contribution in [2.24, 2.45) is 0 Å². The van der Waals surface area contributed by atoms with Crippen LogP contribution in [0.4, 0.5) is 11.4 Å². The van der Waals surface area contributed by atoms with Crippen LogP contribution >= 0.6 is 0 Å². The summed E-state index contributed by atoms with van der Waals surface area (Å²) in [6, 6.07) is 16.7. The standard InChI is InChI=1S/C27H28N4O5/c1-27(2,14-18-6-8-19(9-7-18)29-15-21-5-4-12-35-21)31-26(33)25(32)30-20-10-11-22(23(13-20)34-3)24-16-28-17-36-24/h4-13,16-17,29H,14-15H2,1-3H3,(H,30,32)(H,31,33). The van der Waals surface area contributed by atoms with E-state index in [-0.39, 0.29) is 0 Å². The molecule has 0 fully saturated rings. The van der Waals surface area contributed by atoms with Crippen molar-refractivity contribution in [2.45, 2.75) is 32.4 Å². The molecule has 4 aromatic rings. The van der Waals surface area contributed by atoms with Gasteiger partial charge < -0.3 is 29.5 Å². The Hall–Kier alpha value is -4.53. The molecule has 0 atom stereocenters. The first-order valence-corrected chi connectivity index (χ1v) is 11.4. The van der Waals surface area contributed by atoms with Crippen molar-refractivity contribution in [2.75, 3.05) is 17.7 Å². The number of benzene rings is 2. The van der Waals surface area contributed by atoms with E-state index >= 15 is 0 Å². The van der Waals surface area contributed by atoms with Gasteiger partial charge in [0, 0.05) is 23.0 Å². The number of methoxy groups -OCH3 is 1. The highest BCUT2D eigenvalue weighted by atomic mass is 16.5. The lowest BCUT2D eigenvalue weighted by atomic mass is 9.94. The van der Waals surface area contributed by atoms with E-state index in [2.05, 4.69) is 20.9 Å². The molecule has 0 unspecified atom stereocenters. The number of ether oxygens (including phenoxy) is 1. The number of oxazole rings is 1. The quantitative estimate of drug-likeness (QED) is 0.294. The first-order valence-electron chi connectivity index (χ1n) is 11.4. The molecule has 2 amide bonds. The van der Waals surface area contributed by atoms with Gasteiger partial charge in [0.25, 0.3) is 0 Å². The lowest BCUT2D eigenvalue weighted by molar-refractivity contribution is -0.137. The summed E-state index contributed by atoms with van der Waals surface area (Å²) in [5.74, 6) is 0.369. The van der Waals surface area contributed by atoms with Gasteiger partial charge in [-0.1, -0.05) is 12.1 Å². The fraction of sp³-hybridized carbons (Fsp3) is 0.222. The number of amides is 2. The zero-order chi connectivity index (χ0) is 25.5. The van der Waals surface area contributed by atoms with Gasteiger partial charge in [0.15, 0.2) is 12.2 Å². The molecular formula is C27H28N4O5. The molecule has 0 radical (unpaired) electrons. The third-order valence-electron chi connectivity index (χ3n) is 5.46. The predicted octanol–water partition coefficient (Wildman–Crippen LogP) is 4.63. The number of nitrogens with one attached hydrogen (secondary N) is 3. The molecular weight excluding hydrogens is 460 g/mol. The van der Waals surface area contributed by atoms with E-state index in [0.717, 1.165) is 17.0 Å². The van der Waals surface area contributed by atoms with Crippen LogP contribution in [-0.2, 0) is 22.6 Å². The SMILES string of the molecule is COc1cc(NC(=O)C(=O)NC(C)(C)Cc2ccc(NCc3ccco3)cc2)ccc1-c1cnco1. The molecule has 0 bridgehead atoms.